The van der Waals surface area contributed by atoms with E-state index >= 15 is 0 Å². The van der Waals surface area contributed by atoms with E-state index in [9.17, 15) is 4.39 Å². The minimum Gasteiger partial charge on any atom is -0.339 e. The Morgan fingerprint density at radius 3 is 2.82 bits per heavy atom. The van der Waals surface area contributed by atoms with Crippen LogP contribution in [0.2, 0.25) is 0 Å². The molecule has 2 rings (SSSR count). The van der Waals surface area contributed by atoms with Crippen molar-refractivity contribution in [2.75, 3.05) is 5.32 Å². The van der Waals surface area contributed by atoms with Crippen molar-refractivity contribution in [3.05, 3.63) is 52.4 Å². The number of anilines is 2. The first-order chi connectivity index (χ1) is 8.19. The lowest BCUT2D eigenvalue weighted by Crippen LogP contribution is -1.97. The topological polar surface area (TPSA) is 48.7 Å². The van der Waals surface area contributed by atoms with Crippen LogP contribution >= 0.6 is 15.9 Å². The Kier molecular flexibility index (Phi) is 3.35. The second-order valence-electron chi connectivity index (χ2n) is 3.27. The van der Waals surface area contributed by atoms with E-state index < -0.39 is 5.95 Å². The number of hydrogen-bond donors (Lipinski definition) is 1. The van der Waals surface area contributed by atoms with Crippen LogP contribution in [-0.4, -0.2) is 4.98 Å². The van der Waals surface area contributed by atoms with E-state index in [0.717, 1.165) is 4.47 Å². The third kappa shape index (κ3) is 2.80. The number of pyridine rings is 1. The van der Waals surface area contributed by atoms with Crippen LogP contribution in [0.3, 0.4) is 0 Å². The lowest BCUT2D eigenvalue weighted by molar-refractivity contribution is 0.585. The molecule has 5 heteroatoms. The predicted molar refractivity (Wildman–Crippen MR) is 66.3 cm³/mol. The van der Waals surface area contributed by atoms with Crippen LogP contribution in [0.5, 0.6) is 0 Å². The molecule has 84 valence electrons. The molecule has 17 heavy (non-hydrogen) atoms. The van der Waals surface area contributed by atoms with E-state index in [1.807, 2.05) is 0 Å². The third-order valence-electron chi connectivity index (χ3n) is 2.08. The van der Waals surface area contributed by atoms with Crippen LogP contribution in [0, 0.1) is 17.3 Å². The summed E-state index contributed by atoms with van der Waals surface area (Å²) in [5, 5.41) is 11.9. The highest BCUT2D eigenvalue weighted by Crippen LogP contribution is 2.23. The van der Waals surface area contributed by atoms with Crippen LogP contribution < -0.4 is 5.32 Å². The largest absolute Gasteiger partial charge is 0.339 e. The Balaban J connectivity index is 2.34. The maximum Gasteiger partial charge on any atom is 0.214 e. The summed E-state index contributed by atoms with van der Waals surface area (Å²) in [6, 6.07) is 11.7. The van der Waals surface area contributed by atoms with Gasteiger partial charge in [-0.25, -0.2) is 4.98 Å². The lowest BCUT2D eigenvalue weighted by Gasteiger charge is -2.07. The van der Waals surface area contributed by atoms with Gasteiger partial charge in [0, 0.05) is 4.47 Å². The van der Waals surface area contributed by atoms with E-state index in [0.29, 0.717) is 17.1 Å². The fourth-order valence-electron chi connectivity index (χ4n) is 1.33. The molecule has 0 fully saturated rings. The average Bonchev–Trinajstić information content (AvgIpc) is 2.31. The number of nitriles is 1. The van der Waals surface area contributed by atoms with Gasteiger partial charge >= 0.3 is 0 Å². The second kappa shape index (κ2) is 4.93. The molecule has 3 nitrogen and oxygen atoms in total. The Labute approximate surface area is 106 Å². The molecule has 0 aliphatic rings. The van der Waals surface area contributed by atoms with Gasteiger partial charge in [0.05, 0.1) is 11.3 Å². The van der Waals surface area contributed by atoms with Gasteiger partial charge in [-0.2, -0.15) is 9.65 Å². The van der Waals surface area contributed by atoms with Gasteiger partial charge in [0.15, 0.2) is 0 Å². The summed E-state index contributed by atoms with van der Waals surface area (Å²) in [5.41, 5.74) is 1.05. The molecular formula is C12H7BrFN3. The van der Waals surface area contributed by atoms with Crippen molar-refractivity contribution in [2.24, 2.45) is 0 Å². The molecule has 0 bridgehead atoms. The Hall–Kier alpha value is -1.93. The molecule has 1 heterocycles. The Morgan fingerprint density at radius 1 is 1.29 bits per heavy atom. The number of nitrogens with one attached hydrogen (secondary N) is 1. The second-order valence-corrected chi connectivity index (χ2v) is 4.19. The van der Waals surface area contributed by atoms with E-state index in [1.54, 1.807) is 30.3 Å². The highest BCUT2D eigenvalue weighted by molar-refractivity contribution is 9.10. The fourth-order valence-corrected chi connectivity index (χ4v) is 1.69. The highest BCUT2D eigenvalue weighted by atomic mass is 79.9. The monoisotopic (exact) mass is 291 g/mol. The zero-order valence-electron chi connectivity index (χ0n) is 8.61. The van der Waals surface area contributed by atoms with Gasteiger partial charge in [0.25, 0.3) is 0 Å². The van der Waals surface area contributed by atoms with Crippen LogP contribution in [0.25, 0.3) is 0 Å². The van der Waals surface area contributed by atoms with Crippen LogP contribution in [0.4, 0.5) is 15.9 Å². The Bertz CT molecular complexity index is 593. The minimum atomic E-state index is -0.564. The van der Waals surface area contributed by atoms with E-state index in [-0.39, 0.29) is 0 Å². The smallest absolute Gasteiger partial charge is 0.214 e. The molecule has 0 amide bonds. The summed E-state index contributed by atoms with van der Waals surface area (Å²) in [5.74, 6) is -0.200. The zero-order chi connectivity index (χ0) is 12.3. The van der Waals surface area contributed by atoms with Gasteiger partial charge in [-0.05, 0) is 30.3 Å². The highest BCUT2D eigenvalue weighted by Gasteiger charge is 2.04. The summed E-state index contributed by atoms with van der Waals surface area (Å²) in [6.07, 6.45) is 0. The molecule has 0 aliphatic carbocycles. The number of rotatable bonds is 2. The summed E-state index contributed by atoms with van der Waals surface area (Å²) in [4.78, 5) is 3.67. The van der Waals surface area contributed by atoms with Gasteiger partial charge in [-0.3, -0.25) is 0 Å². The molecule has 0 saturated heterocycles. The SMILES string of the molecule is N#Cc1cc(Br)ccc1Nc1cccc(F)n1. The number of hydrogen-bond acceptors (Lipinski definition) is 3. The fraction of sp³-hybridized carbons (Fsp3) is 0. The average molecular weight is 292 g/mol. The molecule has 2 aromatic rings. The number of benzene rings is 1. The van der Waals surface area contributed by atoms with Gasteiger partial charge < -0.3 is 5.32 Å². The number of halogens is 2. The standard InChI is InChI=1S/C12H7BrFN3/c13-9-4-5-10(8(6-9)7-15)16-12-3-1-2-11(14)17-12/h1-6H,(H,16,17). The van der Waals surface area contributed by atoms with Crippen LogP contribution in [0.1, 0.15) is 5.56 Å². The van der Waals surface area contributed by atoms with E-state index in [1.165, 1.54) is 6.07 Å². The van der Waals surface area contributed by atoms with Crippen molar-refractivity contribution in [1.82, 2.24) is 4.98 Å². The molecule has 0 aliphatic heterocycles. The van der Waals surface area contributed by atoms with Crippen molar-refractivity contribution >= 4 is 27.4 Å². The number of nitrogens with zero attached hydrogens (tertiary/aromatic N) is 2. The van der Waals surface area contributed by atoms with Gasteiger partial charge in [0.1, 0.15) is 11.9 Å². The lowest BCUT2D eigenvalue weighted by atomic mass is 10.2. The third-order valence-corrected chi connectivity index (χ3v) is 2.57. The summed E-state index contributed by atoms with van der Waals surface area (Å²) in [7, 11) is 0. The molecule has 0 saturated carbocycles. The van der Waals surface area contributed by atoms with Crippen LogP contribution in [0.15, 0.2) is 40.9 Å². The first-order valence-electron chi connectivity index (χ1n) is 4.78. The predicted octanol–water partition coefficient (Wildman–Crippen LogP) is 3.60. The van der Waals surface area contributed by atoms with Crippen LogP contribution in [-0.2, 0) is 0 Å². The minimum absolute atomic E-state index is 0.365. The molecule has 0 radical (unpaired) electrons. The molecular weight excluding hydrogens is 285 g/mol. The number of aromatic nitrogens is 1. The van der Waals surface area contributed by atoms with Crippen molar-refractivity contribution < 1.29 is 4.39 Å². The van der Waals surface area contributed by atoms with Crippen molar-refractivity contribution in [3.63, 3.8) is 0 Å². The maximum atomic E-state index is 12.9. The van der Waals surface area contributed by atoms with Crippen molar-refractivity contribution in [2.45, 2.75) is 0 Å². The van der Waals surface area contributed by atoms with Gasteiger partial charge in [-0.1, -0.05) is 22.0 Å². The Morgan fingerprint density at radius 2 is 2.12 bits per heavy atom. The first kappa shape index (κ1) is 11.6. The molecule has 1 aromatic heterocycles. The van der Waals surface area contributed by atoms with Crippen molar-refractivity contribution in [3.8, 4) is 6.07 Å². The molecule has 0 spiro atoms. The zero-order valence-corrected chi connectivity index (χ0v) is 10.2. The van der Waals surface area contributed by atoms with E-state index in [2.05, 4.69) is 32.3 Å². The summed E-state index contributed by atoms with van der Waals surface area (Å²) in [6.45, 7) is 0. The van der Waals surface area contributed by atoms with Gasteiger partial charge in [-0.15, -0.1) is 0 Å². The van der Waals surface area contributed by atoms with E-state index in [4.69, 9.17) is 5.26 Å². The molecule has 1 N–H and O–H groups in total. The first-order valence-corrected chi connectivity index (χ1v) is 5.57. The maximum absolute atomic E-state index is 12.9. The molecule has 0 atom stereocenters. The summed E-state index contributed by atoms with van der Waals surface area (Å²) < 4.78 is 13.7. The van der Waals surface area contributed by atoms with Gasteiger partial charge in [0.2, 0.25) is 5.95 Å². The summed E-state index contributed by atoms with van der Waals surface area (Å²) >= 11 is 3.28. The normalized spacial score (nSPS) is 9.71. The molecule has 0 unspecified atom stereocenters. The van der Waals surface area contributed by atoms with Crippen molar-refractivity contribution in [1.29, 1.82) is 5.26 Å². The quantitative estimate of drug-likeness (QED) is 0.860. The molecule has 1 aromatic carbocycles.